The summed E-state index contributed by atoms with van der Waals surface area (Å²) in [7, 11) is 0. The molecule has 2 heterocycles. The fraction of sp³-hybridized carbons (Fsp3) is 0.200. The molecule has 0 bridgehead atoms. The number of nitrogens with zero attached hydrogens (tertiary/aromatic N) is 1. The van der Waals surface area contributed by atoms with Gasteiger partial charge >= 0.3 is 0 Å². The van der Waals surface area contributed by atoms with E-state index in [1.807, 2.05) is 60.0 Å². The van der Waals surface area contributed by atoms with Crippen LogP contribution in [0.1, 0.15) is 18.5 Å². The van der Waals surface area contributed by atoms with Crippen molar-refractivity contribution in [3.05, 3.63) is 80.9 Å². The first-order valence-corrected chi connectivity index (χ1v) is 11.2. The Morgan fingerprint density at radius 2 is 1.56 bits per heavy atom. The Balaban J connectivity index is 1.47. The van der Waals surface area contributed by atoms with E-state index >= 15 is 0 Å². The zero-order valence-electron chi connectivity index (χ0n) is 17.4. The van der Waals surface area contributed by atoms with Crippen LogP contribution in [0.25, 0.3) is 21.8 Å². The summed E-state index contributed by atoms with van der Waals surface area (Å²) in [5.41, 5.74) is 2.35. The van der Waals surface area contributed by atoms with E-state index < -0.39 is 0 Å². The molecular formula is C25H21BrN2O4. The number of rotatable bonds is 4. The van der Waals surface area contributed by atoms with Gasteiger partial charge in [-0.1, -0.05) is 40.2 Å². The molecule has 3 aromatic carbocycles. The molecule has 0 spiro atoms. The van der Waals surface area contributed by atoms with E-state index in [4.69, 9.17) is 9.47 Å². The van der Waals surface area contributed by atoms with Crippen LogP contribution in [0.3, 0.4) is 0 Å². The molecule has 6 nitrogen and oxygen atoms in total. The largest absolute Gasteiger partial charge is 0.486 e. The number of hydrogen-bond donors (Lipinski definition) is 1. The van der Waals surface area contributed by atoms with Crippen molar-refractivity contribution in [3.8, 4) is 11.5 Å². The number of nitrogens with one attached hydrogen (secondary N) is 1. The van der Waals surface area contributed by atoms with E-state index in [0.717, 1.165) is 21.1 Å². The summed E-state index contributed by atoms with van der Waals surface area (Å²) in [5.74, 6) is 1.21. The average Bonchev–Trinajstić information content (AvgIpc) is 2.81. The number of halogens is 1. The van der Waals surface area contributed by atoms with Gasteiger partial charge in [0.25, 0.3) is 0 Å². The lowest BCUT2D eigenvalue weighted by molar-refractivity contribution is -0.122. The number of benzene rings is 3. The monoisotopic (exact) mass is 492 g/mol. The second kappa shape index (κ2) is 8.31. The third kappa shape index (κ3) is 3.62. The Kier molecular flexibility index (Phi) is 5.35. The van der Waals surface area contributed by atoms with Gasteiger partial charge in [-0.25, -0.2) is 0 Å². The first-order chi connectivity index (χ1) is 15.5. The van der Waals surface area contributed by atoms with E-state index in [-0.39, 0.29) is 23.9 Å². The van der Waals surface area contributed by atoms with Crippen LogP contribution in [0.4, 0.5) is 0 Å². The van der Waals surface area contributed by atoms with Crippen LogP contribution < -0.4 is 20.2 Å². The molecular weight excluding hydrogens is 472 g/mol. The Morgan fingerprint density at radius 3 is 2.19 bits per heavy atom. The molecule has 4 aromatic rings. The number of para-hydroxylation sites is 2. The predicted octanol–water partition coefficient (Wildman–Crippen LogP) is 4.57. The second-order valence-electron chi connectivity index (χ2n) is 7.76. The molecule has 162 valence electrons. The van der Waals surface area contributed by atoms with E-state index in [1.54, 1.807) is 12.1 Å². The van der Waals surface area contributed by atoms with E-state index in [9.17, 15) is 9.59 Å². The number of aromatic nitrogens is 1. The normalized spacial score (nSPS) is 13.8. The molecule has 1 aromatic heterocycles. The van der Waals surface area contributed by atoms with Crippen LogP contribution in [0.15, 0.2) is 69.9 Å². The van der Waals surface area contributed by atoms with Crippen molar-refractivity contribution in [1.82, 2.24) is 9.88 Å². The molecule has 0 aliphatic carbocycles. The molecule has 7 heteroatoms. The van der Waals surface area contributed by atoms with Gasteiger partial charge in [0.05, 0.1) is 17.1 Å². The maximum atomic E-state index is 13.1. The van der Waals surface area contributed by atoms with Crippen molar-refractivity contribution in [2.75, 3.05) is 13.2 Å². The van der Waals surface area contributed by atoms with E-state index in [1.165, 1.54) is 0 Å². The van der Waals surface area contributed by atoms with Gasteiger partial charge in [0.1, 0.15) is 19.8 Å². The van der Waals surface area contributed by atoms with Gasteiger partial charge in [-0.15, -0.1) is 0 Å². The highest BCUT2D eigenvalue weighted by Gasteiger charge is 2.20. The lowest BCUT2D eigenvalue weighted by Gasteiger charge is -2.23. The molecule has 5 rings (SSSR count). The lowest BCUT2D eigenvalue weighted by Crippen LogP contribution is -2.31. The van der Waals surface area contributed by atoms with Crippen molar-refractivity contribution in [1.29, 1.82) is 0 Å². The summed E-state index contributed by atoms with van der Waals surface area (Å²) in [6.07, 6.45) is 0. The fourth-order valence-electron chi connectivity index (χ4n) is 4.17. The van der Waals surface area contributed by atoms with E-state index in [0.29, 0.717) is 35.5 Å². The maximum absolute atomic E-state index is 13.1. The highest BCUT2D eigenvalue weighted by molar-refractivity contribution is 9.10. The van der Waals surface area contributed by atoms with Gasteiger partial charge in [-0.2, -0.15) is 0 Å². The quantitative estimate of drug-likeness (QED) is 0.423. The number of amides is 1. The summed E-state index contributed by atoms with van der Waals surface area (Å²) < 4.78 is 14.0. The summed E-state index contributed by atoms with van der Waals surface area (Å²) in [6, 6.07) is 18.3. The molecule has 0 fully saturated rings. The van der Waals surface area contributed by atoms with Crippen LogP contribution in [0.2, 0.25) is 0 Å². The lowest BCUT2D eigenvalue weighted by atomic mass is 10.1. The number of ether oxygens (including phenoxy) is 2. The van der Waals surface area contributed by atoms with Crippen molar-refractivity contribution in [2.24, 2.45) is 0 Å². The minimum Gasteiger partial charge on any atom is -0.486 e. The minimum absolute atomic E-state index is 0.0264. The zero-order valence-corrected chi connectivity index (χ0v) is 19.0. The number of pyridine rings is 1. The number of carbonyl (C=O) groups is 1. The third-order valence-corrected chi connectivity index (χ3v) is 6.37. The topological polar surface area (TPSA) is 69.6 Å². The zero-order chi connectivity index (χ0) is 22.2. The summed E-state index contributed by atoms with van der Waals surface area (Å²) >= 11 is 3.58. The average molecular weight is 493 g/mol. The Morgan fingerprint density at radius 1 is 1.00 bits per heavy atom. The van der Waals surface area contributed by atoms with Crippen LogP contribution in [-0.2, 0) is 11.3 Å². The number of fused-ring (bicyclic) bond motifs is 3. The molecule has 0 radical (unpaired) electrons. The highest BCUT2D eigenvalue weighted by atomic mass is 79.9. The Bertz CT molecular complexity index is 1350. The summed E-state index contributed by atoms with van der Waals surface area (Å²) in [4.78, 5) is 26.0. The van der Waals surface area contributed by atoms with Crippen molar-refractivity contribution in [3.63, 3.8) is 0 Å². The van der Waals surface area contributed by atoms with Crippen molar-refractivity contribution >= 4 is 43.6 Å². The first kappa shape index (κ1) is 20.6. The molecule has 1 aliphatic heterocycles. The van der Waals surface area contributed by atoms with E-state index in [2.05, 4.69) is 21.2 Å². The van der Waals surface area contributed by atoms with Crippen molar-refractivity contribution in [2.45, 2.75) is 19.5 Å². The fourth-order valence-corrected chi connectivity index (χ4v) is 4.83. The molecule has 0 saturated heterocycles. The number of hydrogen-bond acceptors (Lipinski definition) is 4. The molecule has 1 atom stereocenters. The van der Waals surface area contributed by atoms with Gasteiger partial charge in [0.2, 0.25) is 5.91 Å². The molecule has 1 N–H and O–H groups in total. The van der Waals surface area contributed by atoms with Gasteiger partial charge < -0.3 is 19.4 Å². The van der Waals surface area contributed by atoms with Gasteiger partial charge in [-0.05, 0) is 48.9 Å². The number of carbonyl (C=O) groups excluding carboxylic acids is 1. The SMILES string of the molecule is CC(NC(=O)Cn1c2ccccc2c(=O)c2ccccc21)c1cc2c(cc1Br)OCCO2. The van der Waals surface area contributed by atoms with Crippen LogP contribution in [-0.4, -0.2) is 23.7 Å². The van der Waals surface area contributed by atoms with Crippen LogP contribution >= 0.6 is 15.9 Å². The molecule has 1 unspecified atom stereocenters. The smallest absolute Gasteiger partial charge is 0.240 e. The van der Waals surface area contributed by atoms with Crippen LogP contribution in [0.5, 0.6) is 11.5 Å². The Labute approximate surface area is 192 Å². The predicted molar refractivity (Wildman–Crippen MR) is 127 cm³/mol. The van der Waals surface area contributed by atoms with Gasteiger partial charge in [-0.3, -0.25) is 9.59 Å². The first-order valence-electron chi connectivity index (χ1n) is 10.4. The standard InChI is InChI=1S/C25H21BrN2O4/c1-15(18-12-22-23(13-19(18)26)32-11-10-31-22)27-24(29)14-28-20-8-4-2-6-16(20)25(30)17-7-3-5-9-21(17)28/h2-9,12-13,15H,10-11,14H2,1H3,(H,27,29). The molecule has 1 amide bonds. The van der Waals surface area contributed by atoms with Crippen LogP contribution in [0, 0.1) is 0 Å². The molecule has 1 aliphatic rings. The molecule has 0 saturated carbocycles. The Hall–Kier alpha value is -3.32. The summed E-state index contributed by atoms with van der Waals surface area (Å²) in [6.45, 7) is 3.04. The summed E-state index contributed by atoms with van der Waals surface area (Å²) in [5, 5.41) is 4.27. The van der Waals surface area contributed by atoms with Crippen molar-refractivity contribution < 1.29 is 14.3 Å². The van der Waals surface area contributed by atoms with Gasteiger partial charge in [0, 0.05) is 15.2 Å². The maximum Gasteiger partial charge on any atom is 0.240 e. The molecule has 32 heavy (non-hydrogen) atoms. The second-order valence-corrected chi connectivity index (χ2v) is 8.61. The minimum atomic E-state index is -0.260. The highest BCUT2D eigenvalue weighted by Crippen LogP contribution is 2.37. The van der Waals surface area contributed by atoms with Gasteiger partial charge in [0.15, 0.2) is 16.9 Å². The third-order valence-electron chi connectivity index (χ3n) is 5.69.